The normalized spacial score (nSPS) is 11.3. The lowest BCUT2D eigenvalue weighted by molar-refractivity contribution is -0.161. The van der Waals surface area contributed by atoms with Crippen LogP contribution < -0.4 is 9.92 Å². The first kappa shape index (κ1) is 25.7. The molecule has 0 saturated carbocycles. The number of hydrogen-bond donors (Lipinski definition) is 0. The Balaban J connectivity index is 1.81. The summed E-state index contributed by atoms with van der Waals surface area (Å²) < 4.78 is 16.0. The molecule has 0 aromatic heterocycles. The summed E-state index contributed by atoms with van der Waals surface area (Å²) in [6, 6.07) is 19.8. The van der Waals surface area contributed by atoms with E-state index in [9.17, 15) is 9.59 Å². The van der Waals surface area contributed by atoms with Gasteiger partial charge in [0.25, 0.3) is 0 Å². The van der Waals surface area contributed by atoms with E-state index in [4.69, 9.17) is 14.2 Å². The summed E-state index contributed by atoms with van der Waals surface area (Å²) >= 11 is 0. The van der Waals surface area contributed by atoms with Gasteiger partial charge in [0.2, 0.25) is 0 Å². The largest absolute Gasteiger partial charge is 0.494 e. The van der Waals surface area contributed by atoms with E-state index in [2.05, 4.69) is 43.4 Å². The summed E-state index contributed by atoms with van der Waals surface area (Å²) in [5.41, 5.74) is 1.04. The van der Waals surface area contributed by atoms with E-state index < -0.39 is 25.9 Å². The standard InChI is InChI=1S/C26H36O5Si/c1-5-29-25(27)24(26(28)30-6-2)18-15-21-13-16-22(17-14-21)31-19-10-20-32(3,4)23-11-8-7-9-12-23/h7-9,11-14,16-17,24H,5-6,10,15,18-20H2,1-4H3. The summed E-state index contributed by atoms with van der Waals surface area (Å²) in [7, 11) is -1.43. The molecule has 32 heavy (non-hydrogen) atoms. The van der Waals surface area contributed by atoms with E-state index in [-0.39, 0.29) is 13.2 Å². The zero-order valence-electron chi connectivity index (χ0n) is 19.8. The van der Waals surface area contributed by atoms with Crippen LogP contribution in [0.2, 0.25) is 19.1 Å². The monoisotopic (exact) mass is 456 g/mol. The van der Waals surface area contributed by atoms with Crippen molar-refractivity contribution in [3.8, 4) is 5.75 Å². The third-order valence-electron chi connectivity index (χ3n) is 5.56. The molecule has 0 heterocycles. The Morgan fingerprint density at radius 2 is 1.47 bits per heavy atom. The first-order chi connectivity index (χ1) is 15.4. The minimum absolute atomic E-state index is 0.242. The zero-order valence-corrected chi connectivity index (χ0v) is 20.8. The molecule has 0 aliphatic heterocycles. The summed E-state index contributed by atoms with van der Waals surface area (Å²) in [4.78, 5) is 24.2. The summed E-state index contributed by atoms with van der Waals surface area (Å²) in [6.45, 7) is 9.43. The second-order valence-corrected chi connectivity index (χ2v) is 13.3. The van der Waals surface area contributed by atoms with E-state index in [1.54, 1.807) is 13.8 Å². The molecule has 2 aromatic carbocycles. The first-order valence-corrected chi connectivity index (χ1v) is 14.7. The van der Waals surface area contributed by atoms with E-state index in [0.717, 1.165) is 17.7 Å². The molecular formula is C26H36O5Si. The van der Waals surface area contributed by atoms with E-state index in [0.29, 0.717) is 19.4 Å². The average Bonchev–Trinajstić information content (AvgIpc) is 2.79. The third-order valence-corrected chi connectivity index (χ3v) is 9.06. The summed E-state index contributed by atoms with van der Waals surface area (Å²) in [6.07, 6.45) is 1.97. The third kappa shape index (κ3) is 8.15. The molecule has 6 heteroatoms. The van der Waals surface area contributed by atoms with Crippen molar-refractivity contribution in [1.29, 1.82) is 0 Å². The predicted molar refractivity (Wildman–Crippen MR) is 130 cm³/mol. The van der Waals surface area contributed by atoms with Gasteiger partial charge in [-0.25, -0.2) is 0 Å². The van der Waals surface area contributed by atoms with Crippen LogP contribution in [0, 0.1) is 5.92 Å². The number of benzene rings is 2. The summed E-state index contributed by atoms with van der Waals surface area (Å²) in [5.74, 6) is -1.09. The smallest absolute Gasteiger partial charge is 0.320 e. The summed E-state index contributed by atoms with van der Waals surface area (Å²) in [5, 5.41) is 1.48. The molecule has 0 N–H and O–H groups in total. The topological polar surface area (TPSA) is 61.8 Å². The molecule has 0 unspecified atom stereocenters. The van der Waals surface area contributed by atoms with Gasteiger partial charge in [-0.3, -0.25) is 9.59 Å². The van der Waals surface area contributed by atoms with Gasteiger partial charge in [0.15, 0.2) is 5.92 Å². The number of ether oxygens (including phenoxy) is 3. The highest BCUT2D eigenvalue weighted by molar-refractivity contribution is 6.89. The van der Waals surface area contributed by atoms with Crippen LogP contribution in [0.1, 0.15) is 32.3 Å². The van der Waals surface area contributed by atoms with Crippen LogP contribution in [-0.2, 0) is 25.5 Å². The molecular weight excluding hydrogens is 420 g/mol. The molecule has 0 aliphatic carbocycles. The van der Waals surface area contributed by atoms with Gasteiger partial charge >= 0.3 is 11.9 Å². The van der Waals surface area contributed by atoms with Crippen LogP contribution in [0.5, 0.6) is 5.75 Å². The highest BCUT2D eigenvalue weighted by Crippen LogP contribution is 2.18. The second kappa shape index (κ2) is 13.1. The number of carbonyl (C=O) groups excluding carboxylic acids is 2. The molecule has 0 radical (unpaired) electrons. The fourth-order valence-electron chi connectivity index (χ4n) is 3.62. The SMILES string of the molecule is CCOC(=O)C(CCc1ccc(OCCC[Si](C)(C)c2ccccc2)cc1)C(=O)OCC. The number of rotatable bonds is 13. The quantitative estimate of drug-likeness (QED) is 0.188. The van der Waals surface area contributed by atoms with Crippen LogP contribution in [0.15, 0.2) is 54.6 Å². The average molecular weight is 457 g/mol. The number of carbonyl (C=O) groups is 2. The minimum Gasteiger partial charge on any atom is -0.494 e. The van der Waals surface area contributed by atoms with E-state index >= 15 is 0 Å². The van der Waals surface area contributed by atoms with Crippen LogP contribution in [0.4, 0.5) is 0 Å². The Bertz CT molecular complexity index is 815. The number of hydrogen-bond acceptors (Lipinski definition) is 5. The van der Waals surface area contributed by atoms with Crippen molar-refractivity contribution < 1.29 is 23.8 Å². The molecule has 2 aromatic rings. The molecule has 0 saturated heterocycles. The van der Waals surface area contributed by atoms with Crippen LogP contribution in [0.25, 0.3) is 0 Å². The lowest BCUT2D eigenvalue weighted by atomic mass is 9.99. The van der Waals surface area contributed by atoms with Crippen molar-refractivity contribution in [3.05, 3.63) is 60.2 Å². The van der Waals surface area contributed by atoms with Gasteiger partial charge in [-0.1, -0.05) is 66.8 Å². The molecule has 0 amide bonds. The van der Waals surface area contributed by atoms with E-state index in [1.165, 1.54) is 11.2 Å². The molecule has 174 valence electrons. The van der Waals surface area contributed by atoms with Crippen LogP contribution >= 0.6 is 0 Å². The first-order valence-electron chi connectivity index (χ1n) is 11.5. The highest BCUT2D eigenvalue weighted by atomic mass is 28.3. The Morgan fingerprint density at radius 1 is 0.875 bits per heavy atom. The van der Waals surface area contributed by atoms with Crippen molar-refractivity contribution in [3.63, 3.8) is 0 Å². The molecule has 2 rings (SSSR count). The van der Waals surface area contributed by atoms with E-state index in [1.807, 2.05) is 24.3 Å². The molecule has 0 atom stereocenters. The van der Waals surface area contributed by atoms with Crippen molar-refractivity contribution in [2.45, 2.75) is 52.2 Å². The highest BCUT2D eigenvalue weighted by Gasteiger charge is 2.29. The molecule has 5 nitrogen and oxygen atoms in total. The Kier molecular flexibility index (Phi) is 10.5. The minimum atomic E-state index is -1.43. The Hall–Kier alpha value is -2.60. The van der Waals surface area contributed by atoms with Crippen molar-refractivity contribution >= 4 is 25.2 Å². The van der Waals surface area contributed by atoms with Gasteiger partial charge in [-0.05, 0) is 50.8 Å². The second-order valence-electron chi connectivity index (χ2n) is 8.44. The zero-order chi connectivity index (χ0) is 23.4. The van der Waals surface area contributed by atoms with Crippen LogP contribution in [0.3, 0.4) is 0 Å². The maximum Gasteiger partial charge on any atom is 0.320 e. The molecule has 0 aliphatic rings. The molecule has 0 spiro atoms. The van der Waals surface area contributed by atoms with Gasteiger partial charge in [0.05, 0.1) is 27.9 Å². The number of esters is 2. The number of aryl methyl sites for hydroxylation is 1. The van der Waals surface area contributed by atoms with Gasteiger partial charge < -0.3 is 14.2 Å². The maximum atomic E-state index is 12.1. The van der Waals surface area contributed by atoms with Crippen LogP contribution in [-0.4, -0.2) is 39.8 Å². The Labute approximate surface area is 193 Å². The molecule has 0 fully saturated rings. The van der Waals surface area contributed by atoms with Crippen molar-refractivity contribution in [1.82, 2.24) is 0 Å². The van der Waals surface area contributed by atoms with Gasteiger partial charge in [0, 0.05) is 0 Å². The van der Waals surface area contributed by atoms with Gasteiger partial charge in [0.1, 0.15) is 5.75 Å². The van der Waals surface area contributed by atoms with Crippen molar-refractivity contribution in [2.75, 3.05) is 19.8 Å². The molecule has 0 bridgehead atoms. The fourth-order valence-corrected chi connectivity index (χ4v) is 6.03. The lowest BCUT2D eigenvalue weighted by Gasteiger charge is -2.22. The van der Waals surface area contributed by atoms with Crippen molar-refractivity contribution in [2.24, 2.45) is 5.92 Å². The lowest BCUT2D eigenvalue weighted by Crippen LogP contribution is -2.41. The van der Waals surface area contributed by atoms with Gasteiger partial charge in [-0.15, -0.1) is 0 Å². The Morgan fingerprint density at radius 3 is 2.03 bits per heavy atom. The maximum absolute atomic E-state index is 12.1. The van der Waals surface area contributed by atoms with Gasteiger partial charge in [-0.2, -0.15) is 0 Å². The predicted octanol–water partition coefficient (Wildman–Crippen LogP) is 4.75. The fraction of sp³-hybridized carbons (Fsp3) is 0.462.